The zero-order valence-corrected chi connectivity index (χ0v) is 16.0. The second kappa shape index (κ2) is 8.68. The normalized spacial score (nSPS) is 11.7. The van der Waals surface area contributed by atoms with Gasteiger partial charge in [0.1, 0.15) is 6.04 Å². The van der Waals surface area contributed by atoms with E-state index in [9.17, 15) is 19.5 Å². The lowest BCUT2D eigenvalue weighted by atomic mass is 10.2. The van der Waals surface area contributed by atoms with Gasteiger partial charge in [0.15, 0.2) is 0 Å². The second-order valence-corrected chi connectivity index (χ2v) is 6.46. The van der Waals surface area contributed by atoms with Crippen LogP contribution in [0.15, 0.2) is 30.5 Å². The van der Waals surface area contributed by atoms with Crippen molar-refractivity contribution in [3.8, 4) is 5.69 Å². The molecule has 0 aliphatic carbocycles. The number of aromatic nitrogens is 2. The Morgan fingerprint density at radius 1 is 1.30 bits per heavy atom. The molecule has 0 bridgehead atoms. The van der Waals surface area contributed by atoms with Crippen molar-refractivity contribution in [2.75, 3.05) is 13.1 Å². The van der Waals surface area contributed by atoms with Gasteiger partial charge in [-0.15, -0.1) is 0 Å². The molecule has 1 aromatic carbocycles. The molecule has 1 heterocycles. The number of carboxylic acids is 1. The van der Waals surface area contributed by atoms with Gasteiger partial charge in [-0.25, -0.2) is 9.48 Å². The van der Waals surface area contributed by atoms with Crippen LogP contribution in [-0.2, 0) is 9.59 Å². The highest BCUT2D eigenvalue weighted by Gasteiger charge is 2.28. The van der Waals surface area contributed by atoms with Crippen LogP contribution in [-0.4, -0.2) is 56.7 Å². The predicted octanol–water partition coefficient (Wildman–Crippen LogP) is 1.89. The van der Waals surface area contributed by atoms with Crippen molar-refractivity contribution in [3.05, 3.63) is 46.7 Å². The lowest BCUT2D eigenvalue weighted by Gasteiger charge is -2.26. The summed E-state index contributed by atoms with van der Waals surface area (Å²) in [5.74, 6) is -1.85. The highest BCUT2D eigenvalue weighted by molar-refractivity contribution is 6.30. The number of carbonyl (C=O) groups excluding carboxylic acids is 2. The van der Waals surface area contributed by atoms with Gasteiger partial charge in [0.2, 0.25) is 5.91 Å². The molecular weight excluding hydrogens is 372 g/mol. The van der Waals surface area contributed by atoms with Crippen LogP contribution in [0.25, 0.3) is 5.69 Å². The topological polar surface area (TPSA) is 105 Å². The van der Waals surface area contributed by atoms with Crippen LogP contribution in [0.2, 0.25) is 5.02 Å². The zero-order chi connectivity index (χ0) is 20.1. The maximum Gasteiger partial charge on any atom is 0.326 e. The average Bonchev–Trinajstić information content (AvgIpc) is 2.99. The van der Waals surface area contributed by atoms with Crippen LogP contribution in [0.4, 0.5) is 0 Å². The minimum atomic E-state index is -1.13. The fourth-order valence-corrected chi connectivity index (χ4v) is 2.70. The van der Waals surface area contributed by atoms with E-state index >= 15 is 0 Å². The summed E-state index contributed by atoms with van der Waals surface area (Å²) in [5.41, 5.74) is 1.59. The van der Waals surface area contributed by atoms with E-state index in [-0.39, 0.29) is 19.0 Å². The van der Waals surface area contributed by atoms with E-state index in [2.05, 4.69) is 10.4 Å². The number of carbonyl (C=O) groups is 3. The third-order valence-corrected chi connectivity index (χ3v) is 4.38. The summed E-state index contributed by atoms with van der Waals surface area (Å²) in [6, 6.07) is 5.91. The Morgan fingerprint density at radius 2 is 1.93 bits per heavy atom. The van der Waals surface area contributed by atoms with Crippen LogP contribution >= 0.6 is 11.6 Å². The summed E-state index contributed by atoms with van der Waals surface area (Å²) in [4.78, 5) is 36.6. The Labute approximate surface area is 161 Å². The van der Waals surface area contributed by atoms with Gasteiger partial charge < -0.3 is 15.3 Å². The maximum atomic E-state index is 13.0. The van der Waals surface area contributed by atoms with Crippen LogP contribution in [0, 0.1) is 6.92 Å². The van der Waals surface area contributed by atoms with Gasteiger partial charge in [0.25, 0.3) is 5.91 Å². The fraction of sp³-hybridized carbons (Fsp3) is 0.333. The molecule has 0 aliphatic heterocycles. The smallest absolute Gasteiger partial charge is 0.326 e. The van der Waals surface area contributed by atoms with E-state index in [1.807, 2.05) is 0 Å². The van der Waals surface area contributed by atoms with Crippen molar-refractivity contribution in [2.45, 2.75) is 26.8 Å². The standard InChI is InChI=1S/C18H21ClN4O4/c1-11-16(10-21-23(11)15-6-4-14(19)5-7-15)17(25)22(12(2)18(26)27)9-8-20-13(3)24/h4-7,10,12H,8-9H2,1-3H3,(H,20,24)(H,26,27). The van der Waals surface area contributed by atoms with Crippen molar-refractivity contribution < 1.29 is 19.5 Å². The van der Waals surface area contributed by atoms with E-state index in [1.165, 1.54) is 24.9 Å². The molecule has 0 spiro atoms. The molecule has 1 atom stereocenters. The monoisotopic (exact) mass is 392 g/mol. The molecule has 27 heavy (non-hydrogen) atoms. The number of aliphatic carboxylic acids is 1. The first-order valence-corrected chi connectivity index (χ1v) is 8.69. The Balaban J connectivity index is 2.30. The van der Waals surface area contributed by atoms with Crippen molar-refractivity contribution >= 4 is 29.4 Å². The third-order valence-electron chi connectivity index (χ3n) is 4.12. The van der Waals surface area contributed by atoms with Gasteiger partial charge in [-0.3, -0.25) is 9.59 Å². The number of nitrogens with one attached hydrogen (secondary N) is 1. The largest absolute Gasteiger partial charge is 0.480 e. The molecule has 0 saturated carbocycles. The average molecular weight is 393 g/mol. The lowest BCUT2D eigenvalue weighted by molar-refractivity contribution is -0.141. The molecule has 9 heteroatoms. The highest BCUT2D eigenvalue weighted by atomic mass is 35.5. The number of hydrogen-bond donors (Lipinski definition) is 2. The molecule has 144 valence electrons. The molecule has 1 unspecified atom stereocenters. The van der Waals surface area contributed by atoms with E-state index < -0.39 is 17.9 Å². The molecule has 0 radical (unpaired) electrons. The summed E-state index contributed by atoms with van der Waals surface area (Å²) >= 11 is 5.90. The van der Waals surface area contributed by atoms with Crippen LogP contribution in [0.5, 0.6) is 0 Å². The molecule has 2 rings (SSSR count). The van der Waals surface area contributed by atoms with E-state index in [4.69, 9.17) is 11.6 Å². The van der Waals surface area contributed by atoms with Crippen LogP contribution in [0.3, 0.4) is 0 Å². The van der Waals surface area contributed by atoms with E-state index in [1.54, 1.807) is 35.9 Å². The van der Waals surface area contributed by atoms with Crippen molar-refractivity contribution in [2.24, 2.45) is 0 Å². The number of nitrogens with zero attached hydrogens (tertiary/aromatic N) is 3. The van der Waals surface area contributed by atoms with Gasteiger partial charge in [0.05, 0.1) is 23.1 Å². The molecule has 1 aromatic heterocycles. The zero-order valence-electron chi connectivity index (χ0n) is 15.3. The molecule has 2 aromatic rings. The lowest BCUT2D eigenvalue weighted by Crippen LogP contribution is -2.46. The number of amides is 2. The summed E-state index contributed by atoms with van der Waals surface area (Å²) in [6.45, 7) is 4.73. The van der Waals surface area contributed by atoms with Gasteiger partial charge >= 0.3 is 5.97 Å². The summed E-state index contributed by atoms with van der Waals surface area (Å²) < 4.78 is 1.58. The molecular formula is C18H21ClN4O4. The second-order valence-electron chi connectivity index (χ2n) is 6.03. The Hall–Kier alpha value is -2.87. The Bertz CT molecular complexity index is 848. The number of benzene rings is 1. The predicted molar refractivity (Wildman–Crippen MR) is 100 cm³/mol. The quantitative estimate of drug-likeness (QED) is 0.748. The molecule has 0 saturated heterocycles. The van der Waals surface area contributed by atoms with Crippen LogP contribution < -0.4 is 5.32 Å². The number of rotatable bonds is 7. The van der Waals surface area contributed by atoms with E-state index in [0.717, 1.165) is 5.69 Å². The minimum Gasteiger partial charge on any atom is -0.480 e. The fourth-order valence-electron chi connectivity index (χ4n) is 2.57. The van der Waals surface area contributed by atoms with Crippen LogP contribution in [0.1, 0.15) is 29.9 Å². The molecule has 8 nitrogen and oxygen atoms in total. The Kier molecular flexibility index (Phi) is 6.57. The maximum absolute atomic E-state index is 13.0. The van der Waals surface area contributed by atoms with Gasteiger partial charge in [0, 0.05) is 25.0 Å². The number of hydrogen-bond acceptors (Lipinski definition) is 4. The van der Waals surface area contributed by atoms with Gasteiger partial charge in [-0.05, 0) is 38.1 Å². The highest BCUT2D eigenvalue weighted by Crippen LogP contribution is 2.19. The summed E-state index contributed by atoms with van der Waals surface area (Å²) in [6.07, 6.45) is 1.41. The molecule has 2 N–H and O–H groups in total. The SMILES string of the molecule is CC(=O)NCCN(C(=O)c1cnn(-c2ccc(Cl)cc2)c1C)C(C)C(=O)O. The minimum absolute atomic E-state index is 0.0669. The van der Waals surface area contributed by atoms with Gasteiger partial charge in [-0.2, -0.15) is 5.10 Å². The molecule has 0 fully saturated rings. The van der Waals surface area contributed by atoms with Crippen molar-refractivity contribution in [1.29, 1.82) is 0 Å². The third kappa shape index (κ3) is 4.85. The number of carboxylic acid groups (broad SMARTS) is 1. The number of halogens is 1. The molecule has 2 amide bonds. The van der Waals surface area contributed by atoms with Gasteiger partial charge in [-0.1, -0.05) is 11.6 Å². The summed E-state index contributed by atoms with van der Waals surface area (Å²) in [7, 11) is 0. The Morgan fingerprint density at radius 3 is 2.48 bits per heavy atom. The first kappa shape index (κ1) is 20.4. The van der Waals surface area contributed by atoms with Crippen molar-refractivity contribution in [3.63, 3.8) is 0 Å². The van der Waals surface area contributed by atoms with E-state index in [0.29, 0.717) is 16.3 Å². The summed E-state index contributed by atoms with van der Waals surface area (Å²) in [5, 5.41) is 16.7. The first-order chi connectivity index (χ1) is 12.7. The first-order valence-electron chi connectivity index (χ1n) is 8.31. The molecule has 0 aliphatic rings. The van der Waals surface area contributed by atoms with Crippen molar-refractivity contribution in [1.82, 2.24) is 20.0 Å².